The lowest BCUT2D eigenvalue weighted by atomic mass is 10.0. The van der Waals surface area contributed by atoms with Gasteiger partial charge in [0, 0.05) is 12.0 Å². The van der Waals surface area contributed by atoms with Gasteiger partial charge in [-0.15, -0.1) is 0 Å². The number of ether oxygens (including phenoxy) is 1. The van der Waals surface area contributed by atoms with Gasteiger partial charge < -0.3 is 15.6 Å². The fourth-order valence-corrected chi connectivity index (χ4v) is 1.29. The van der Waals surface area contributed by atoms with Gasteiger partial charge in [-0.1, -0.05) is 6.58 Å². The molecule has 130 valence electrons. The number of primary amides is 1. The summed E-state index contributed by atoms with van der Waals surface area (Å²) in [5.74, 6) is -0.380. The van der Waals surface area contributed by atoms with Crippen LogP contribution in [0.1, 0.15) is 54.9 Å². The largest absolute Gasteiger partial charge is 0.465 e. The van der Waals surface area contributed by atoms with Crippen LogP contribution in [0, 0.1) is 0 Å². The standard InChI is InChI=1S/C14H26O4.CH3NO2/c1-10(2)12(15)16-11(3)9-14(7,8)18-17-13(4,5)6;2-1(3)4/h11H,1,9H2,2-8H3;2H2,(H,3,4). The molecule has 22 heavy (non-hydrogen) atoms. The highest BCUT2D eigenvalue weighted by Gasteiger charge is 2.27. The molecular formula is C15H29NO6. The first-order valence-electron chi connectivity index (χ1n) is 6.88. The van der Waals surface area contributed by atoms with E-state index in [9.17, 15) is 4.79 Å². The lowest BCUT2D eigenvalue weighted by Crippen LogP contribution is -2.34. The molecule has 0 aliphatic rings. The Morgan fingerprint density at radius 2 is 1.59 bits per heavy atom. The van der Waals surface area contributed by atoms with Crippen LogP contribution in [0.2, 0.25) is 0 Å². The minimum absolute atomic E-state index is 0.257. The van der Waals surface area contributed by atoms with Crippen LogP contribution in [0.3, 0.4) is 0 Å². The van der Waals surface area contributed by atoms with Crippen molar-refractivity contribution in [1.29, 1.82) is 0 Å². The van der Waals surface area contributed by atoms with Crippen molar-refractivity contribution in [2.45, 2.75) is 72.2 Å². The first-order valence-corrected chi connectivity index (χ1v) is 6.88. The maximum absolute atomic E-state index is 11.4. The Labute approximate surface area is 132 Å². The summed E-state index contributed by atoms with van der Waals surface area (Å²) in [7, 11) is 0. The molecule has 0 rings (SSSR count). The zero-order chi connectivity index (χ0) is 18.1. The summed E-state index contributed by atoms with van der Waals surface area (Å²) in [5, 5.41) is 7.19. The Bertz CT molecular complexity index is 380. The zero-order valence-electron chi connectivity index (χ0n) is 14.6. The molecule has 1 amide bonds. The Morgan fingerprint density at radius 3 is 1.91 bits per heavy atom. The lowest BCUT2D eigenvalue weighted by molar-refractivity contribution is -0.399. The molecule has 0 saturated carbocycles. The van der Waals surface area contributed by atoms with Crippen molar-refractivity contribution in [2.75, 3.05) is 0 Å². The Balaban J connectivity index is 0. The van der Waals surface area contributed by atoms with E-state index in [0.29, 0.717) is 12.0 Å². The maximum Gasteiger partial charge on any atom is 0.402 e. The summed E-state index contributed by atoms with van der Waals surface area (Å²) in [6, 6.07) is 0. The van der Waals surface area contributed by atoms with Gasteiger partial charge >= 0.3 is 12.1 Å². The molecule has 1 unspecified atom stereocenters. The van der Waals surface area contributed by atoms with E-state index in [-0.39, 0.29) is 17.7 Å². The monoisotopic (exact) mass is 319 g/mol. The van der Waals surface area contributed by atoms with Crippen LogP contribution in [0.25, 0.3) is 0 Å². The molecule has 0 radical (unpaired) electrons. The number of carbonyl (C=O) groups excluding carboxylic acids is 1. The molecule has 0 aliphatic heterocycles. The average Bonchev–Trinajstić information content (AvgIpc) is 2.23. The number of hydrogen-bond acceptors (Lipinski definition) is 5. The molecule has 1 atom stereocenters. The number of nitrogens with two attached hydrogens (primary N) is 1. The number of amides is 1. The molecule has 7 heteroatoms. The topological polar surface area (TPSA) is 108 Å². The van der Waals surface area contributed by atoms with Crippen LogP contribution >= 0.6 is 0 Å². The van der Waals surface area contributed by atoms with Crippen LogP contribution < -0.4 is 5.73 Å². The van der Waals surface area contributed by atoms with Crippen molar-refractivity contribution in [1.82, 2.24) is 0 Å². The van der Waals surface area contributed by atoms with Crippen molar-refractivity contribution >= 4 is 12.1 Å². The first kappa shape index (κ1) is 22.7. The lowest BCUT2D eigenvalue weighted by Gasteiger charge is -2.30. The number of hydrogen-bond donors (Lipinski definition) is 2. The predicted octanol–water partition coefficient (Wildman–Crippen LogP) is 3.03. The van der Waals surface area contributed by atoms with Crippen LogP contribution in [0.15, 0.2) is 12.2 Å². The minimum Gasteiger partial charge on any atom is -0.465 e. The van der Waals surface area contributed by atoms with Crippen LogP contribution in [-0.2, 0) is 19.3 Å². The molecule has 0 fully saturated rings. The molecule has 3 N–H and O–H groups in total. The zero-order valence-corrected chi connectivity index (χ0v) is 14.6. The second-order valence-corrected chi connectivity index (χ2v) is 6.58. The molecule has 0 aliphatic carbocycles. The van der Waals surface area contributed by atoms with Crippen molar-refractivity contribution in [3.63, 3.8) is 0 Å². The van der Waals surface area contributed by atoms with E-state index < -0.39 is 11.7 Å². The number of carboxylic acid groups (broad SMARTS) is 1. The van der Waals surface area contributed by atoms with Gasteiger partial charge in [0.15, 0.2) is 0 Å². The molecule has 0 spiro atoms. The van der Waals surface area contributed by atoms with Gasteiger partial charge in [-0.3, -0.25) is 0 Å². The molecular weight excluding hydrogens is 290 g/mol. The predicted molar refractivity (Wildman–Crippen MR) is 83.2 cm³/mol. The fourth-order valence-electron chi connectivity index (χ4n) is 1.29. The van der Waals surface area contributed by atoms with E-state index in [1.807, 2.05) is 41.5 Å². The highest BCUT2D eigenvalue weighted by molar-refractivity contribution is 5.87. The summed E-state index contributed by atoms with van der Waals surface area (Å²) in [6.07, 6.45) is -1.05. The summed E-state index contributed by atoms with van der Waals surface area (Å²) in [5.41, 5.74) is 3.53. The van der Waals surface area contributed by atoms with Crippen LogP contribution in [0.5, 0.6) is 0 Å². The van der Waals surface area contributed by atoms with E-state index in [1.54, 1.807) is 6.92 Å². The quantitative estimate of drug-likeness (QED) is 0.337. The van der Waals surface area contributed by atoms with E-state index in [0.717, 1.165) is 0 Å². The SMILES string of the molecule is C=C(C)C(=O)OC(C)CC(C)(C)OOC(C)(C)C.NC(=O)O. The summed E-state index contributed by atoms with van der Waals surface area (Å²) in [4.78, 5) is 30.8. The molecule has 0 aromatic rings. The number of carbonyl (C=O) groups is 2. The van der Waals surface area contributed by atoms with Gasteiger partial charge in [0.05, 0.1) is 5.60 Å². The summed E-state index contributed by atoms with van der Waals surface area (Å²) >= 11 is 0. The van der Waals surface area contributed by atoms with Crippen LogP contribution in [-0.4, -0.2) is 34.5 Å². The van der Waals surface area contributed by atoms with E-state index in [2.05, 4.69) is 12.3 Å². The van der Waals surface area contributed by atoms with Gasteiger partial charge in [0.2, 0.25) is 0 Å². The molecule has 0 aromatic carbocycles. The van der Waals surface area contributed by atoms with Gasteiger partial charge in [0.25, 0.3) is 0 Å². The van der Waals surface area contributed by atoms with Crippen LogP contribution in [0.4, 0.5) is 4.79 Å². The number of rotatable bonds is 6. The van der Waals surface area contributed by atoms with Gasteiger partial charge in [-0.25, -0.2) is 19.4 Å². The molecule has 0 aromatic heterocycles. The third-order valence-electron chi connectivity index (χ3n) is 1.95. The van der Waals surface area contributed by atoms with E-state index >= 15 is 0 Å². The first-order chi connectivity index (χ1) is 9.66. The Morgan fingerprint density at radius 1 is 1.18 bits per heavy atom. The van der Waals surface area contributed by atoms with Gasteiger partial charge in [-0.2, -0.15) is 0 Å². The minimum atomic E-state index is -1.33. The Hall–Kier alpha value is -1.60. The van der Waals surface area contributed by atoms with Gasteiger partial charge in [-0.05, 0) is 48.5 Å². The molecule has 0 bridgehead atoms. The maximum atomic E-state index is 11.4. The number of esters is 1. The molecule has 7 nitrogen and oxygen atoms in total. The van der Waals surface area contributed by atoms with Crippen molar-refractivity contribution in [3.05, 3.63) is 12.2 Å². The average molecular weight is 319 g/mol. The Kier molecular flexibility index (Phi) is 9.71. The summed E-state index contributed by atoms with van der Waals surface area (Å²) in [6.45, 7) is 16.5. The summed E-state index contributed by atoms with van der Waals surface area (Å²) < 4.78 is 5.21. The smallest absolute Gasteiger partial charge is 0.402 e. The van der Waals surface area contributed by atoms with E-state index in [4.69, 9.17) is 24.4 Å². The second-order valence-electron chi connectivity index (χ2n) is 6.58. The van der Waals surface area contributed by atoms with E-state index in [1.165, 1.54) is 0 Å². The van der Waals surface area contributed by atoms with Gasteiger partial charge in [0.1, 0.15) is 11.7 Å². The highest BCUT2D eigenvalue weighted by atomic mass is 17.2. The molecule has 0 saturated heterocycles. The third kappa shape index (κ3) is 16.5. The third-order valence-corrected chi connectivity index (χ3v) is 1.95. The van der Waals surface area contributed by atoms with Crippen molar-refractivity contribution in [3.8, 4) is 0 Å². The highest BCUT2D eigenvalue weighted by Crippen LogP contribution is 2.22. The fraction of sp³-hybridized carbons (Fsp3) is 0.733. The normalized spacial score (nSPS) is 12.7. The van der Waals surface area contributed by atoms with Crippen molar-refractivity contribution in [2.24, 2.45) is 5.73 Å². The van der Waals surface area contributed by atoms with Crippen molar-refractivity contribution < 1.29 is 29.2 Å². The second kappa shape index (κ2) is 9.42. The molecule has 0 heterocycles.